The summed E-state index contributed by atoms with van der Waals surface area (Å²) in [5, 5.41) is 6.72. The number of halogens is 1. The van der Waals surface area contributed by atoms with E-state index in [1.165, 1.54) is 12.3 Å². The summed E-state index contributed by atoms with van der Waals surface area (Å²) >= 11 is 0. The molecule has 2 aromatic heterocycles. The number of anilines is 2. The highest BCUT2D eigenvalue weighted by atomic mass is 32.2. The Balaban J connectivity index is 0.000000555. The van der Waals surface area contributed by atoms with Gasteiger partial charge in [-0.2, -0.15) is 8.42 Å². The number of ether oxygens (including phenoxy) is 1. The third-order valence-electron chi connectivity index (χ3n) is 4.75. The Labute approximate surface area is 189 Å². The van der Waals surface area contributed by atoms with Crippen molar-refractivity contribution >= 4 is 27.7 Å². The van der Waals surface area contributed by atoms with Crippen LogP contribution in [0.5, 0.6) is 0 Å². The van der Waals surface area contributed by atoms with E-state index >= 15 is 0 Å². The van der Waals surface area contributed by atoms with E-state index in [-0.39, 0.29) is 23.6 Å². The topological polar surface area (TPSA) is 158 Å². The van der Waals surface area contributed by atoms with Crippen molar-refractivity contribution in [1.82, 2.24) is 10.1 Å². The molecular weight excluding hydrogens is 455 g/mol. The van der Waals surface area contributed by atoms with E-state index in [9.17, 15) is 17.6 Å². The zero-order valence-electron chi connectivity index (χ0n) is 17.9. The molecule has 0 spiro atoms. The number of hydrogen-bond acceptors (Lipinski definition) is 8. The fraction of sp³-hybridized carbons (Fsp3) is 0.286. The summed E-state index contributed by atoms with van der Waals surface area (Å²) in [5.41, 5.74) is 8.22. The summed E-state index contributed by atoms with van der Waals surface area (Å²) in [6.45, 7) is 3.21. The molecule has 4 rings (SSSR count). The van der Waals surface area contributed by atoms with Gasteiger partial charge in [0, 0.05) is 17.8 Å². The quantitative estimate of drug-likeness (QED) is 0.468. The SMILES string of the molecule is CC1(c2cc(NC(=O)Cc3ccc(-c4cnc(N)c(F)c4)cc3)on2)COC1.CS(=O)(=O)O. The van der Waals surface area contributed by atoms with Crippen LogP contribution < -0.4 is 11.1 Å². The van der Waals surface area contributed by atoms with Crippen molar-refractivity contribution in [2.75, 3.05) is 30.5 Å². The smallest absolute Gasteiger partial charge is 0.261 e. The molecule has 10 nitrogen and oxygen atoms in total. The number of hydrogen-bond donors (Lipinski definition) is 3. The maximum absolute atomic E-state index is 13.6. The number of amides is 1. The summed E-state index contributed by atoms with van der Waals surface area (Å²) in [7, 11) is -3.67. The molecule has 0 unspecified atom stereocenters. The van der Waals surface area contributed by atoms with Crippen molar-refractivity contribution in [3.05, 3.63) is 59.7 Å². The first-order chi connectivity index (χ1) is 15.4. The molecule has 1 aliphatic rings. The molecule has 3 heterocycles. The number of benzene rings is 1. The second kappa shape index (κ2) is 9.65. The summed E-state index contributed by atoms with van der Waals surface area (Å²) in [5.74, 6) is -0.597. The van der Waals surface area contributed by atoms with Crippen LogP contribution in [-0.4, -0.2) is 48.5 Å². The summed E-state index contributed by atoms with van der Waals surface area (Å²) in [4.78, 5) is 16.1. The summed E-state index contributed by atoms with van der Waals surface area (Å²) in [6.07, 6.45) is 2.40. The molecule has 3 aromatic rings. The zero-order valence-corrected chi connectivity index (χ0v) is 18.7. The number of rotatable bonds is 5. The number of nitrogens with one attached hydrogen (secondary N) is 1. The van der Waals surface area contributed by atoms with Gasteiger partial charge in [-0.05, 0) is 24.1 Å². The fourth-order valence-corrected chi connectivity index (χ4v) is 2.96. The Hall–Kier alpha value is -3.35. The van der Waals surface area contributed by atoms with Crippen LogP contribution in [0.15, 0.2) is 47.1 Å². The van der Waals surface area contributed by atoms with E-state index in [1.807, 2.05) is 19.1 Å². The second-order valence-corrected chi connectivity index (χ2v) is 9.34. The molecule has 12 heteroatoms. The minimum atomic E-state index is -3.67. The van der Waals surface area contributed by atoms with Crippen LogP contribution in [0, 0.1) is 5.82 Å². The fourth-order valence-electron chi connectivity index (χ4n) is 2.96. The highest BCUT2D eigenvalue weighted by Gasteiger charge is 2.38. The van der Waals surface area contributed by atoms with Crippen molar-refractivity contribution in [3.63, 3.8) is 0 Å². The minimum absolute atomic E-state index is 0.133. The highest BCUT2D eigenvalue weighted by molar-refractivity contribution is 7.85. The van der Waals surface area contributed by atoms with Gasteiger partial charge in [-0.15, -0.1) is 0 Å². The molecule has 0 radical (unpaired) electrons. The Kier molecular flexibility index (Phi) is 7.10. The van der Waals surface area contributed by atoms with Crippen molar-refractivity contribution in [2.45, 2.75) is 18.8 Å². The molecule has 4 N–H and O–H groups in total. The molecule has 0 aliphatic carbocycles. The minimum Gasteiger partial charge on any atom is -0.381 e. The van der Waals surface area contributed by atoms with Gasteiger partial charge in [-0.25, -0.2) is 9.37 Å². The molecular formula is C21H23FN4O6S. The van der Waals surface area contributed by atoms with E-state index in [1.54, 1.807) is 18.2 Å². The Bertz CT molecular complexity index is 1230. The molecule has 1 saturated heterocycles. The highest BCUT2D eigenvalue weighted by Crippen LogP contribution is 2.32. The molecule has 0 atom stereocenters. The van der Waals surface area contributed by atoms with E-state index in [0.29, 0.717) is 30.9 Å². The molecule has 33 heavy (non-hydrogen) atoms. The number of nitrogen functional groups attached to an aromatic ring is 1. The second-order valence-electron chi connectivity index (χ2n) is 7.88. The van der Waals surface area contributed by atoms with Gasteiger partial charge in [-0.1, -0.05) is 29.4 Å². The first kappa shape index (κ1) is 24.3. The number of carbonyl (C=O) groups excluding carboxylic acids is 1. The van der Waals surface area contributed by atoms with E-state index in [4.69, 9.17) is 19.5 Å². The third kappa shape index (κ3) is 6.81. The maximum Gasteiger partial charge on any atom is 0.261 e. The monoisotopic (exact) mass is 478 g/mol. The first-order valence-corrected chi connectivity index (χ1v) is 11.6. The lowest BCUT2D eigenvalue weighted by molar-refractivity contribution is -0.115. The van der Waals surface area contributed by atoms with Gasteiger partial charge in [0.2, 0.25) is 11.8 Å². The molecule has 1 aliphatic heterocycles. The zero-order chi connectivity index (χ0) is 24.2. The normalized spacial score (nSPS) is 14.5. The van der Waals surface area contributed by atoms with Gasteiger partial charge in [0.15, 0.2) is 11.6 Å². The van der Waals surface area contributed by atoms with Gasteiger partial charge < -0.3 is 15.0 Å². The van der Waals surface area contributed by atoms with Crippen molar-refractivity contribution in [2.24, 2.45) is 0 Å². The molecule has 1 amide bonds. The summed E-state index contributed by atoms with van der Waals surface area (Å²) < 4.78 is 49.8. The maximum atomic E-state index is 13.6. The lowest BCUT2D eigenvalue weighted by atomic mass is 9.85. The number of aromatic nitrogens is 2. The molecule has 1 fully saturated rings. The van der Waals surface area contributed by atoms with Crippen molar-refractivity contribution in [1.29, 1.82) is 0 Å². The van der Waals surface area contributed by atoms with Crippen LogP contribution >= 0.6 is 0 Å². The van der Waals surface area contributed by atoms with Crippen LogP contribution in [0.3, 0.4) is 0 Å². The Morgan fingerprint density at radius 2 is 1.88 bits per heavy atom. The standard InChI is InChI=1S/C20H19FN4O3.CH4O3S/c1-20(10-27-11-20)16-8-18(28-25-16)24-17(26)6-12-2-4-13(5-3-12)14-7-15(21)19(22)23-9-14;1-5(2,3)4/h2-5,7-9H,6,10-11H2,1H3,(H2,22,23)(H,24,26);1H3,(H,2,3,4). The summed E-state index contributed by atoms with van der Waals surface area (Å²) in [6, 6.07) is 10.3. The Morgan fingerprint density at radius 1 is 1.24 bits per heavy atom. The van der Waals surface area contributed by atoms with Gasteiger partial charge in [-0.3, -0.25) is 14.7 Å². The first-order valence-electron chi connectivity index (χ1n) is 9.70. The van der Waals surface area contributed by atoms with Gasteiger partial charge in [0.05, 0.1) is 37.0 Å². The van der Waals surface area contributed by atoms with Crippen molar-refractivity contribution in [3.8, 4) is 11.1 Å². The predicted octanol–water partition coefficient (Wildman–Crippen LogP) is 2.43. The van der Waals surface area contributed by atoms with Crippen molar-refractivity contribution < 1.29 is 31.4 Å². The van der Waals surface area contributed by atoms with Gasteiger partial charge >= 0.3 is 0 Å². The number of pyridine rings is 1. The average Bonchev–Trinajstić information content (AvgIpc) is 3.16. The molecule has 1 aromatic carbocycles. The Morgan fingerprint density at radius 3 is 2.42 bits per heavy atom. The number of nitrogens with two attached hydrogens (primary N) is 1. The lowest BCUT2D eigenvalue weighted by Gasteiger charge is -2.35. The third-order valence-corrected chi connectivity index (χ3v) is 4.75. The van der Waals surface area contributed by atoms with Gasteiger partial charge in [0.1, 0.15) is 0 Å². The van der Waals surface area contributed by atoms with E-state index in [2.05, 4.69) is 15.5 Å². The molecule has 176 valence electrons. The van der Waals surface area contributed by atoms with Crippen LogP contribution in [0.25, 0.3) is 11.1 Å². The van der Waals surface area contributed by atoms with Crippen LogP contribution in [0.2, 0.25) is 0 Å². The van der Waals surface area contributed by atoms with E-state index < -0.39 is 15.9 Å². The predicted molar refractivity (Wildman–Crippen MR) is 119 cm³/mol. The molecule has 0 saturated carbocycles. The van der Waals surface area contributed by atoms with Crippen LogP contribution in [0.4, 0.5) is 16.1 Å². The lowest BCUT2D eigenvalue weighted by Crippen LogP contribution is -2.44. The average molecular weight is 479 g/mol. The number of carbonyl (C=O) groups is 1. The largest absolute Gasteiger partial charge is 0.381 e. The van der Waals surface area contributed by atoms with Crippen LogP contribution in [0.1, 0.15) is 18.2 Å². The van der Waals surface area contributed by atoms with Crippen LogP contribution in [-0.2, 0) is 31.5 Å². The van der Waals surface area contributed by atoms with E-state index in [0.717, 1.165) is 16.8 Å². The van der Waals surface area contributed by atoms with Gasteiger partial charge in [0.25, 0.3) is 10.1 Å². The number of nitrogens with zero attached hydrogens (tertiary/aromatic N) is 2. The molecule has 0 bridgehead atoms.